The second-order valence-electron chi connectivity index (χ2n) is 7.87. The van der Waals surface area contributed by atoms with Crippen LogP contribution in [0.25, 0.3) is 0 Å². The van der Waals surface area contributed by atoms with Gasteiger partial charge in [0.25, 0.3) is 0 Å². The molecule has 0 aromatic heterocycles. The topological polar surface area (TPSA) is 75.3 Å². The predicted octanol–water partition coefficient (Wildman–Crippen LogP) is 4.64. The Bertz CT molecular complexity index is 1230. The lowest BCUT2D eigenvalue weighted by atomic mass is 10.1. The number of hydrogen-bond acceptors (Lipinski definition) is 4. The van der Waals surface area contributed by atoms with E-state index in [2.05, 4.69) is 10.6 Å². The molecule has 0 aliphatic rings. The highest BCUT2D eigenvalue weighted by molar-refractivity contribution is 7.90. The van der Waals surface area contributed by atoms with Crippen molar-refractivity contribution in [1.29, 1.82) is 0 Å². The number of sulfone groups is 1. The molecule has 0 unspecified atom stereocenters. The lowest BCUT2D eigenvalue weighted by molar-refractivity contribution is -0.119. The molecular weight excluding hydrogens is 440 g/mol. The molecule has 0 aliphatic heterocycles. The van der Waals surface area contributed by atoms with Gasteiger partial charge in [0.2, 0.25) is 5.91 Å². The minimum atomic E-state index is -3.48. The van der Waals surface area contributed by atoms with Crippen molar-refractivity contribution in [2.75, 3.05) is 5.32 Å². The summed E-state index contributed by atoms with van der Waals surface area (Å²) >= 11 is 5.20. The van der Waals surface area contributed by atoms with Crippen LogP contribution in [0.15, 0.2) is 71.6 Å². The summed E-state index contributed by atoms with van der Waals surface area (Å²) in [7, 11) is -3.48. The Kier molecular flexibility index (Phi) is 7.43. The zero-order chi connectivity index (χ0) is 23.3. The molecule has 0 saturated carbocycles. The van der Waals surface area contributed by atoms with Crippen LogP contribution in [0.5, 0.6) is 0 Å². The zero-order valence-corrected chi connectivity index (χ0v) is 19.9. The molecule has 0 aliphatic carbocycles. The number of rotatable bonds is 6. The lowest BCUT2D eigenvalue weighted by Gasteiger charge is -2.11. The van der Waals surface area contributed by atoms with Crippen LogP contribution in [0.1, 0.15) is 27.8 Å². The fraction of sp³-hybridized carbons (Fsp3) is 0.200. The minimum absolute atomic E-state index is 0.0611. The van der Waals surface area contributed by atoms with Crippen molar-refractivity contribution in [2.45, 2.75) is 37.8 Å². The third-order valence-electron chi connectivity index (χ3n) is 5.14. The first kappa shape index (κ1) is 23.6. The first-order valence-electron chi connectivity index (χ1n) is 10.2. The van der Waals surface area contributed by atoms with Crippen molar-refractivity contribution < 1.29 is 13.2 Å². The van der Waals surface area contributed by atoms with Gasteiger partial charge in [-0.15, -0.1) is 0 Å². The van der Waals surface area contributed by atoms with Crippen molar-refractivity contribution >= 4 is 38.8 Å². The van der Waals surface area contributed by atoms with E-state index in [9.17, 15) is 13.2 Å². The molecule has 0 heterocycles. The van der Waals surface area contributed by atoms with Gasteiger partial charge < -0.3 is 10.6 Å². The first-order chi connectivity index (χ1) is 15.1. The second kappa shape index (κ2) is 10.1. The number of hydrogen-bond donors (Lipinski definition) is 2. The molecule has 0 saturated heterocycles. The van der Waals surface area contributed by atoms with Gasteiger partial charge in [-0.05, 0) is 79.5 Å². The number of aryl methyl sites for hydroxylation is 3. The molecule has 0 fully saturated rings. The van der Waals surface area contributed by atoms with Gasteiger partial charge in [0, 0.05) is 5.69 Å². The molecule has 32 heavy (non-hydrogen) atoms. The summed E-state index contributed by atoms with van der Waals surface area (Å²) < 4.78 is 25.5. The quantitative estimate of drug-likeness (QED) is 0.518. The summed E-state index contributed by atoms with van der Waals surface area (Å²) in [4.78, 5) is 12.4. The van der Waals surface area contributed by atoms with Crippen molar-refractivity contribution in [2.24, 2.45) is 0 Å². The van der Waals surface area contributed by atoms with Crippen LogP contribution in [-0.4, -0.2) is 19.4 Å². The van der Waals surface area contributed by atoms with Crippen LogP contribution in [0.2, 0.25) is 0 Å². The van der Waals surface area contributed by atoms with E-state index in [0.29, 0.717) is 5.69 Å². The Labute approximate surface area is 194 Å². The average Bonchev–Trinajstić information content (AvgIpc) is 2.72. The summed E-state index contributed by atoms with van der Waals surface area (Å²) in [6, 6.07) is 19.7. The fourth-order valence-electron chi connectivity index (χ4n) is 3.17. The summed E-state index contributed by atoms with van der Waals surface area (Å²) in [6.45, 7) is 5.95. The Morgan fingerprint density at radius 3 is 2.09 bits per heavy atom. The number of amides is 1. The van der Waals surface area contributed by atoms with E-state index in [1.807, 2.05) is 63.2 Å². The molecule has 0 spiro atoms. The van der Waals surface area contributed by atoms with E-state index in [4.69, 9.17) is 12.2 Å². The smallest absolute Gasteiger partial charge is 0.230 e. The normalized spacial score (nSPS) is 11.1. The van der Waals surface area contributed by atoms with Crippen molar-refractivity contribution in [3.8, 4) is 0 Å². The van der Waals surface area contributed by atoms with Crippen LogP contribution in [0.3, 0.4) is 0 Å². The standard InChI is InChI=1S/C25H26N2O3S2/c1-17-4-7-20(8-5-17)15-24(28)27-25(31)26-22-10-12-23(13-11-22)32(29,30)16-21-9-6-18(2)19(3)14-21/h4-14H,15-16H2,1-3H3,(H2,26,27,28,31). The van der Waals surface area contributed by atoms with Gasteiger partial charge >= 0.3 is 0 Å². The van der Waals surface area contributed by atoms with Gasteiger partial charge in [-0.25, -0.2) is 8.42 Å². The highest BCUT2D eigenvalue weighted by atomic mass is 32.2. The third-order valence-corrected chi connectivity index (χ3v) is 7.05. The largest absolute Gasteiger partial charge is 0.332 e. The number of carbonyl (C=O) groups excluding carboxylic acids is 1. The van der Waals surface area contributed by atoms with Crippen LogP contribution in [0, 0.1) is 20.8 Å². The number of anilines is 1. The Morgan fingerprint density at radius 2 is 1.47 bits per heavy atom. The van der Waals surface area contributed by atoms with Crippen molar-refractivity contribution in [3.63, 3.8) is 0 Å². The van der Waals surface area contributed by atoms with Crippen LogP contribution < -0.4 is 10.6 Å². The number of nitrogens with one attached hydrogen (secondary N) is 2. The SMILES string of the molecule is Cc1ccc(CC(=O)NC(=S)Nc2ccc(S(=O)(=O)Cc3ccc(C)c(C)c3)cc2)cc1. The van der Waals surface area contributed by atoms with E-state index in [-0.39, 0.29) is 28.1 Å². The molecule has 166 valence electrons. The molecule has 5 nitrogen and oxygen atoms in total. The summed E-state index contributed by atoms with van der Waals surface area (Å²) in [6.07, 6.45) is 0.220. The maximum atomic E-state index is 12.8. The predicted molar refractivity (Wildman–Crippen MR) is 132 cm³/mol. The van der Waals surface area contributed by atoms with Gasteiger partial charge in [0.15, 0.2) is 14.9 Å². The van der Waals surface area contributed by atoms with E-state index in [1.54, 1.807) is 12.1 Å². The molecule has 0 radical (unpaired) electrons. The van der Waals surface area contributed by atoms with Crippen LogP contribution in [-0.2, 0) is 26.8 Å². The molecule has 3 rings (SSSR count). The number of benzene rings is 3. The van der Waals surface area contributed by atoms with Gasteiger partial charge in [-0.3, -0.25) is 4.79 Å². The average molecular weight is 467 g/mol. The summed E-state index contributed by atoms with van der Waals surface area (Å²) in [5.74, 6) is -0.284. The Hall–Kier alpha value is -3.03. The highest BCUT2D eigenvalue weighted by Gasteiger charge is 2.16. The first-order valence-corrected chi connectivity index (χ1v) is 12.2. The van der Waals surface area contributed by atoms with E-state index in [1.165, 1.54) is 12.1 Å². The van der Waals surface area contributed by atoms with Gasteiger partial charge in [0.05, 0.1) is 17.1 Å². The fourth-order valence-corrected chi connectivity index (χ4v) is 4.73. The highest BCUT2D eigenvalue weighted by Crippen LogP contribution is 2.20. The summed E-state index contributed by atoms with van der Waals surface area (Å²) in [5.41, 5.74) is 5.57. The van der Waals surface area contributed by atoms with E-state index < -0.39 is 9.84 Å². The molecule has 7 heteroatoms. The maximum absolute atomic E-state index is 12.8. The molecule has 3 aromatic rings. The second-order valence-corrected chi connectivity index (χ2v) is 10.3. The van der Waals surface area contributed by atoms with Crippen molar-refractivity contribution in [3.05, 3.63) is 94.5 Å². The maximum Gasteiger partial charge on any atom is 0.230 e. The van der Waals surface area contributed by atoms with Gasteiger partial charge in [0.1, 0.15) is 0 Å². The van der Waals surface area contributed by atoms with Gasteiger partial charge in [-0.2, -0.15) is 0 Å². The molecule has 1 amide bonds. The molecule has 0 bridgehead atoms. The molecule has 3 aromatic carbocycles. The molecular formula is C25H26N2O3S2. The molecule has 0 atom stereocenters. The van der Waals surface area contributed by atoms with Crippen LogP contribution in [0.4, 0.5) is 5.69 Å². The monoisotopic (exact) mass is 466 g/mol. The third kappa shape index (κ3) is 6.48. The number of carbonyl (C=O) groups is 1. The van der Waals surface area contributed by atoms with Gasteiger partial charge in [-0.1, -0.05) is 48.0 Å². The van der Waals surface area contributed by atoms with Crippen LogP contribution >= 0.6 is 12.2 Å². The lowest BCUT2D eigenvalue weighted by Crippen LogP contribution is -2.35. The molecule has 2 N–H and O–H groups in total. The number of thiocarbonyl (C=S) groups is 1. The Balaban J connectivity index is 1.58. The Morgan fingerprint density at radius 1 is 0.844 bits per heavy atom. The summed E-state index contributed by atoms with van der Waals surface area (Å²) in [5, 5.41) is 5.72. The minimum Gasteiger partial charge on any atom is -0.332 e. The van der Waals surface area contributed by atoms with E-state index >= 15 is 0 Å². The van der Waals surface area contributed by atoms with E-state index in [0.717, 1.165) is 27.8 Å². The zero-order valence-electron chi connectivity index (χ0n) is 18.3. The van der Waals surface area contributed by atoms with Crippen molar-refractivity contribution in [1.82, 2.24) is 5.32 Å².